The van der Waals surface area contributed by atoms with Gasteiger partial charge in [0.1, 0.15) is 0 Å². The molecule has 0 unspecified atom stereocenters. The molecule has 1 heterocycles. The van der Waals surface area contributed by atoms with Crippen LogP contribution in [0.3, 0.4) is 0 Å². The molecule has 0 aliphatic carbocycles. The Morgan fingerprint density at radius 3 is 2.00 bits per heavy atom. The van der Waals surface area contributed by atoms with E-state index in [1.165, 1.54) is 51.8 Å². The van der Waals surface area contributed by atoms with E-state index in [0.29, 0.717) is 0 Å². The Morgan fingerprint density at radius 2 is 1.56 bits per heavy atom. The van der Waals surface area contributed by atoms with Gasteiger partial charge in [-0.3, -0.25) is 0 Å². The van der Waals surface area contributed by atoms with Crippen molar-refractivity contribution in [1.82, 2.24) is 9.55 Å². The van der Waals surface area contributed by atoms with Crippen LogP contribution in [0.25, 0.3) is 5.69 Å². The molecule has 2 aromatic rings. The van der Waals surface area contributed by atoms with Crippen molar-refractivity contribution in [3.05, 3.63) is 36.4 Å². The quantitative estimate of drug-likeness (QED) is 0.338. The predicted molar refractivity (Wildman–Crippen MR) is 119 cm³/mol. The fourth-order valence-electron chi connectivity index (χ4n) is 4.13. The van der Waals surface area contributed by atoms with Gasteiger partial charge < -0.3 is 0 Å². The molecule has 0 amide bonds. The Labute approximate surface area is 170 Å². The van der Waals surface area contributed by atoms with Crippen molar-refractivity contribution in [3.63, 3.8) is 0 Å². The van der Waals surface area contributed by atoms with Gasteiger partial charge in [-0.1, -0.05) is 0 Å². The van der Waals surface area contributed by atoms with Crippen LogP contribution in [-0.4, -0.2) is 35.0 Å². The van der Waals surface area contributed by atoms with E-state index in [1.54, 1.807) is 10.7 Å². The van der Waals surface area contributed by atoms with E-state index < -0.39 is 18.4 Å². The number of aromatic nitrogens is 2. The number of aryl methyl sites for hydroxylation is 1. The molecule has 1 aromatic heterocycles. The summed E-state index contributed by atoms with van der Waals surface area (Å²) in [6.07, 6.45) is 12.0. The molecule has 0 spiro atoms. The van der Waals surface area contributed by atoms with E-state index in [0.717, 1.165) is 17.1 Å². The minimum absolute atomic E-state index is 0.996. The van der Waals surface area contributed by atoms with Gasteiger partial charge in [0.2, 0.25) is 0 Å². The molecule has 0 fully saturated rings. The van der Waals surface area contributed by atoms with Gasteiger partial charge in [-0.15, -0.1) is 0 Å². The van der Waals surface area contributed by atoms with Gasteiger partial charge >= 0.3 is 171 Å². The SMILES string of the molecule is CCC[CH2][Sn]([CH2]CCC)([CH2]CCC)[c]1ccc(-n2cnc(C)c2)c(OC)c1. The topological polar surface area (TPSA) is 27.1 Å². The average molecular weight is 477 g/mol. The van der Waals surface area contributed by atoms with E-state index in [1.807, 2.05) is 13.3 Å². The van der Waals surface area contributed by atoms with Crippen molar-refractivity contribution in [2.75, 3.05) is 7.11 Å². The summed E-state index contributed by atoms with van der Waals surface area (Å²) < 4.78 is 14.0. The van der Waals surface area contributed by atoms with Crippen LogP contribution >= 0.6 is 0 Å². The van der Waals surface area contributed by atoms with Gasteiger partial charge in [-0.2, -0.15) is 0 Å². The van der Waals surface area contributed by atoms with Crippen molar-refractivity contribution < 1.29 is 4.74 Å². The number of ether oxygens (including phenoxy) is 1. The van der Waals surface area contributed by atoms with Gasteiger partial charge in [0.25, 0.3) is 0 Å². The second kappa shape index (κ2) is 11.1. The second-order valence-electron chi connectivity index (χ2n) is 7.90. The molecule has 0 aliphatic rings. The van der Waals surface area contributed by atoms with Crippen molar-refractivity contribution in [2.45, 2.75) is 79.5 Å². The first kappa shape index (κ1) is 22.3. The number of benzene rings is 1. The van der Waals surface area contributed by atoms with Gasteiger partial charge in [0, 0.05) is 0 Å². The molecule has 0 aliphatic heterocycles. The first-order valence-electron chi connectivity index (χ1n) is 10.8. The Kier molecular flexibility index (Phi) is 9.20. The summed E-state index contributed by atoms with van der Waals surface area (Å²) in [6, 6.07) is 7.09. The van der Waals surface area contributed by atoms with E-state index in [2.05, 4.69) is 54.7 Å². The molecular formula is C23H38N2OSn. The predicted octanol–water partition coefficient (Wildman–Crippen LogP) is 6.25. The van der Waals surface area contributed by atoms with E-state index >= 15 is 0 Å². The molecule has 1 aromatic carbocycles. The Morgan fingerprint density at radius 1 is 0.963 bits per heavy atom. The fraction of sp³-hybridized carbons (Fsp3) is 0.609. The van der Waals surface area contributed by atoms with Crippen LogP contribution in [0.4, 0.5) is 0 Å². The summed E-state index contributed by atoms with van der Waals surface area (Å²) in [7, 11) is 1.80. The molecule has 0 N–H and O–H groups in total. The summed E-state index contributed by atoms with van der Waals surface area (Å²) in [5.41, 5.74) is 2.13. The zero-order valence-electron chi connectivity index (χ0n) is 18.1. The summed E-state index contributed by atoms with van der Waals surface area (Å²) in [6.45, 7) is 9.03. The normalized spacial score (nSPS) is 11.7. The van der Waals surface area contributed by atoms with Gasteiger partial charge in [-0.05, 0) is 0 Å². The minimum atomic E-state index is -2.42. The molecule has 3 nitrogen and oxygen atoms in total. The van der Waals surface area contributed by atoms with Gasteiger partial charge in [0.15, 0.2) is 0 Å². The summed E-state index contributed by atoms with van der Waals surface area (Å²) in [5.74, 6) is 0.996. The Balaban J connectivity index is 2.46. The summed E-state index contributed by atoms with van der Waals surface area (Å²) >= 11 is -2.42. The molecule has 0 saturated carbocycles. The van der Waals surface area contributed by atoms with Crippen LogP contribution in [0.1, 0.15) is 65.0 Å². The van der Waals surface area contributed by atoms with Crippen molar-refractivity contribution in [2.24, 2.45) is 0 Å². The Bertz CT molecular complexity index is 674. The summed E-state index contributed by atoms with van der Waals surface area (Å²) in [4.78, 5) is 4.38. The number of hydrogen-bond acceptors (Lipinski definition) is 2. The van der Waals surface area contributed by atoms with Crippen LogP contribution in [0.15, 0.2) is 30.7 Å². The third-order valence-corrected chi connectivity index (χ3v) is 21.4. The molecule has 0 saturated heterocycles. The van der Waals surface area contributed by atoms with Crippen molar-refractivity contribution in [3.8, 4) is 11.4 Å². The number of imidazole rings is 1. The van der Waals surface area contributed by atoms with Crippen LogP contribution in [0.2, 0.25) is 13.3 Å². The molecule has 150 valence electrons. The maximum absolute atomic E-state index is 5.84. The standard InChI is InChI=1S/C11H11N2O.3C4H9.Sn/c1-9-7-13(8-12-9)10-5-3-4-6-11(10)14-2;3*1-3-4-2;/h3,5-8H,1-2H3;3*1,3-4H2,2H3;. The third-order valence-electron chi connectivity index (χ3n) is 5.81. The number of hydrogen-bond donors (Lipinski definition) is 0. The zero-order chi connectivity index (χ0) is 19.7. The molecule has 2 rings (SSSR count). The number of unbranched alkanes of at least 4 members (excludes halogenated alkanes) is 3. The average Bonchev–Trinajstić information content (AvgIpc) is 3.13. The number of rotatable bonds is 12. The monoisotopic (exact) mass is 478 g/mol. The van der Waals surface area contributed by atoms with Crippen LogP contribution in [0, 0.1) is 6.92 Å². The van der Waals surface area contributed by atoms with Crippen LogP contribution < -0.4 is 8.32 Å². The van der Waals surface area contributed by atoms with E-state index in [-0.39, 0.29) is 0 Å². The van der Waals surface area contributed by atoms with Gasteiger partial charge in [0.05, 0.1) is 0 Å². The van der Waals surface area contributed by atoms with E-state index in [4.69, 9.17) is 4.74 Å². The second-order valence-corrected chi connectivity index (χ2v) is 21.1. The van der Waals surface area contributed by atoms with E-state index in [9.17, 15) is 0 Å². The van der Waals surface area contributed by atoms with Gasteiger partial charge in [-0.25, -0.2) is 0 Å². The van der Waals surface area contributed by atoms with Crippen molar-refractivity contribution >= 4 is 22.0 Å². The molecular weight excluding hydrogens is 439 g/mol. The molecule has 0 bridgehead atoms. The maximum atomic E-state index is 5.84. The molecule has 0 radical (unpaired) electrons. The summed E-state index contributed by atoms with van der Waals surface area (Å²) in [5, 5.41) is 0. The molecule has 0 atom stereocenters. The van der Waals surface area contributed by atoms with Crippen molar-refractivity contribution in [1.29, 1.82) is 0 Å². The zero-order valence-corrected chi connectivity index (χ0v) is 20.9. The number of methoxy groups -OCH3 is 1. The third kappa shape index (κ3) is 5.75. The number of nitrogens with zero attached hydrogens (tertiary/aromatic N) is 2. The van der Waals surface area contributed by atoms with Crippen LogP contribution in [-0.2, 0) is 0 Å². The fourth-order valence-corrected chi connectivity index (χ4v) is 20.1. The molecule has 27 heavy (non-hydrogen) atoms. The Hall–Kier alpha value is -0.971. The first-order chi connectivity index (χ1) is 13.1. The first-order valence-corrected chi connectivity index (χ1v) is 18.3. The van der Waals surface area contributed by atoms with Crippen LogP contribution in [0.5, 0.6) is 5.75 Å². The molecule has 4 heteroatoms.